The van der Waals surface area contributed by atoms with E-state index in [9.17, 15) is 25.6 Å². The second kappa shape index (κ2) is 7.97. The highest BCUT2D eigenvalue weighted by molar-refractivity contribution is 7.93. The second-order valence-electron chi connectivity index (χ2n) is 5.82. The number of nitrogens with one attached hydrogen (secondary N) is 2. The van der Waals surface area contributed by atoms with Crippen LogP contribution in [0.25, 0.3) is 0 Å². The van der Waals surface area contributed by atoms with Crippen LogP contribution in [0.2, 0.25) is 5.02 Å². The molecule has 0 aliphatic carbocycles. The molecule has 0 heterocycles. The minimum Gasteiger partial charge on any atom is -0.280 e. The van der Waals surface area contributed by atoms with Crippen molar-refractivity contribution >= 4 is 43.0 Å². The van der Waals surface area contributed by atoms with Gasteiger partial charge in [-0.1, -0.05) is 11.6 Å². The molecule has 6 nitrogen and oxygen atoms in total. The third-order valence-electron chi connectivity index (χ3n) is 3.70. The Balaban J connectivity index is 1.79. The smallest absolute Gasteiger partial charge is 0.264 e. The van der Waals surface area contributed by atoms with Crippen molar-refractivity contribution in [3.8, 4) is 0 Å². The molecule has 3 aromatic rings. The molecule has 152 valence electrons. The van der Waals surface area contributed by atoms with E-state index in [2.05, 4.69) is 9.44 Å². The summed E-state index contributed by atoms with van der Waals surface area (Å²) in [4.78, 5) is -0.858. The minimum absolute atomic E-state index is 0.000770. The zero-order valence-electron chi connectivity index (χ0n) is 14.4. The SMILES string of the molecule is O=S(=O)(Nc1ccc(Cl)cc1)c1ccc(NS(=O)(=O)c2ccc(F)cc2F)cc1. The molecule has 0 spiro atoms. The standard InChI is InChI=1S/C18H13ClF2N2O4S2/c19-12-1-4-14(5-2-12)22-28(24,25)16-8-6-15(7-9-16)23-29(26,27)18-10-3-13(20)11-17(18)21/h1-11,22-23H. The van der Waals surface area contributed by atoms with E-state index in [4.69, 9.17) is 11.6 Å². The maximum absolute atomic E-state index is 13.7. The number of halogens is 3. The van der Waals surface area contributed by atoms with Gasteiger partial charge in [-0.2, -0.15) is 0 Å². The first-order chi connectivity index (χ1) is 13.6. The first-order valence-corrected chi connectivity index (χ1v) is 11.3. The zero-order chi connectivity index (χ0) is 21.2. The van der Waals surface area contributed by atoms with E-state index in [1.807, 2.05) is 0 Å². The van der Waals surface area contributed by atoms with E-state index >= 15 is 0 Å². The predicted molar refractivity (Wildman–Crippen MR) is 106 cm³/mol. The van der Waals surface area contributed by atoms with Crippen LogP contribution in [0, 0.1) is 11.6 Å². The highest BCUT2D eigenvalue weighted by Gasteiger charge is 2.20. The molecule has 3 aromatic carbocycles. The van der Waals surface area contributed by atoms with E-state index in [-0.39, 0.29) is 10.6 Å². The van der Waals surface area contributed by atoms with Gasteiger partial charge in [-0.3, -0.25) is 9.44 Å². The van der Waals surface area contributed by atoms with Crippen LogP contribution in [0.1, 0.15) is 0 Å². The van der Waals surface area contributed by atoms with Crippen LogP contribution >= 0.6 is 11.6 Å². The number of sulfonamides is 2. The summed E-state index contributed by atoms with van der Waals surface area (Å²) in [6.45, 7) is 0. The Labute approximate surface area is 171 Å². The summed E-state index contributed by atoms with van der Waals surface area (Å²) >= 11 is 5.76. The van der Waals surface area contributed by atoms with Crippen molar-refractivity contribution in [2.24, 2.45) is 0 Å². The monoisotopic (exact) mass is 458 g/mol. The molecule has 0 aliphatic rings. The molecule has 0 radical (unpaired) electrons. The van der Waals surface area contributed by atoms with Crippen molar-refractivity contribution in [2.75, 3.05) is 9.44 Å². The first-order valence-electron chi connectivity index (χ1n) is 7.93. The van der Waals surface area contributed by atoms with Gasteiger partial charge < -0.3 is 0 Å². The van der Waals surface area contributed by atoms with E-state index in [1.54, 1.807) is 0 Å². The molecule has 29 heavy (non-hydrogen) atoms. The molecule has 0 bridgehead atoms. The van der Waals surface area contributed by atoms with Crippen molar-refractivity contribution in [1.82, 2.24) is 0 Å². The lowest BCUT2D eigenvalue weighted by Gasteiger charge is -2.11. The molecule has 0 aliphatic heterocycles. The molecule has 0 saturated carbocycles. The number of hydrogen-bond acceptors (Lipinski definition) is 4. The van der Waals surface area contributed by atoms with Crippen molar-refractivity contribution in [2.45, 2.75) is 9.79 Å². The maximum atomic E-state index is 13.7. The topological polar surface area (TPSA) is 92.3 Å². The van der Waals surface area contributed by atoms with Gasteiger partial charge in [-0.25, -0.2) is 25.6 Å². The van der Waals surface area contributed by atoms with Crippen LogP contribution < -0.4 is 9.44 Å². The molecule has 0 amide bonds. The lowest BCUT2D eigenvalue weighted by atomic mass is 10.3. The van der Waals surface area contributed by atoms with Crippen LogP contribution in [0.5, 0.6) is 0 Å². The first kappa shape index (κ1) is 21.0. The van der Waals surface area contributed by atoms with Gasteiger partial charge >= 0.3 is 0 Å². The Morgan fingerprint density at radius 1 is 0.690 bits per heavy atom. The quantitative estimate of drug-likeness (QED) is 0.578. The zero-order valence-corrected chi connectivity index (χ0v) is 16.8. The Morgan fingerprint density at radius 2 is 1.21 bits per heavy atom. The van der Waals surface area contributed by atoms with Crippen molar-refractivity contribution in [3.63, 3.8) is 0 Å². The summed E-state index contributed by atoms with van der Waals surface area (Å²) in [5.74, 6) is -2.16. The van der Waals surface area contributed by atoms with Crippen molar-refractivity contribution in [1.29, 1.82) is 0 Å². The van der Waals surface area contributed by atoms with E-state index < -0.39 is 36.6 Å². The van der Waals surface area contributed by atoms with Gasteiger partial charge in [0.15, 0.2) is 0 Å². The third kappa shape index (κ3) is 5.03. The van der Waals surface area contributed by atoms with Gasteiger partial charge in [0.05, 0.1) is 4.90 Å². The summed E-state index contributed by atoms with van der Waals surface area (Å²) in [6.07, 6.45) is 0. The van der Waals surface area contributed by atoms with Gasteiger partial charge in [0.2, 0.25) is 0 Å². The maximum Gasteiger partial charge on any atom is 0.264 e. The Kier molecular flexibility index (Phi) is 5.78. The number of rotatable bonds is 6. The average molecular weight is 459 g/mol. The molecule has 11 heteroatoms. The summed E-state index contributed by atoms with van der Waals surface area (Å²) in [5, 5.41) is 0.446. The summed E-state index contributed by atoms with van der Waals surface area (Å²) in [6, 6.07) is 12.8. The lowest BCUT2D eigenvalue weighted by molar-refractivity contribution is 0.551. The van der Waals surface area contributed by atoms with Gasteiger partial charge in [0, 0.05) is 22.5 Å². The molecule has 0 saturated heterocycles. The lowest BCUT2D eigenvalue weighted by Crippen LogP contribution is -2.15. The van der Waals surface area contributed by atoms with Gasteiger partial charge in [-0.15, -0.1) is 0 Å². The fourth-order valence-corrected chi connectivity index (χ4v) is 4.64. The number of benzene rings is 3. The second-order valence-corrected chi connectivity index (χ2v) is 9.59. The fourth-order valence-electron chi connectivity index (χ4n) is 2.34. The highest BCUT2D eigenvalue weighted by atomic mass is 35.5. The number of anilines is 2. The van der Waals surface area contributed by atoms with Crippen molar-refractivity contribution < 1.29 is 25.6 Å². The highest BCUT2D eigenvalue weighted by Crippen LogP contribution is 2.23. The molecule has 3 rings (SSSR count). The van der Waals surface area contributed by atoms with Crippen LogP contribution in [0.15, 0.2) is 76.5 Å². The van der Waals surface area contributed by atoms with Crippen LogP contribution in [0.4, 0.5) is 20.2 Å². The summed E-state index contributed by atoms with van der Waals surface area (Å²) < 4.78 is 80.5. The van der Waals surface area contributed by atoms with Crippen LogP contribution in [-0.2, 0) is 20.0 Å². The molecule has 0 atom stereocenters. The molecule has 2 N–H and O–H groups in total. The number of hydrogen-bond donors (Lipinski definition) is 2. The summed E-state index contributed by atoms with van der Waals surface area (Å²) in [7, 11) is -8.25. The Bertz CT molecular complexity index is 1250. The van der Waals surface area contributed by atoms with E-state index in [0.717, 1.165) is 12.1 Å². The van der Waals surface area contributed by atoms with Crippen LogP contribution in [-0.4, -0.2) is 16.8 Å². The van der Waals surface area contributed by atoms with Crippen LogP contribution in [0.3, 0.4) is 0 Å². The third-order valence-corrected chi connectivity index (χ3v) is 6.76. The largest absolute Gasteiger partial charge is 0.280 e. The van der Waals surface area contributed by atoms with E-state index in [0.29, 0.717) is 16.8 Å². The molecule has 0 unspecified atom stereocenters. The molecular formula is C18H13ClF2N2O4S2. The normalized spacial score (nSPS) is 11.8. The van der Waals surface area contributed by atoms with Crippen molar-refractivity contribution in [3.05, 3.63) is 83.4 Å². The molecule has 0 aromatic heterocycles. The van der Waals surface area contributed by atoms with Gasteiger partial charge in [0.1, 0.15) is 16.5 Å². The Morgan fingerprint density at radius 3 is 1.76 bits per heavy atom. The fraction of sp³-hybridized carbons (Fsp3) is 0. The predicted octanol–water partition coefficient (Wildman–Crippen LogP) is 4.22. The molecular weight excluding hydrogens is 446 g/mol. The van der Waals surface area contributed by atoms with Gasteiger partial charge in [-0.05, 0) is 60.7 Å². The van der Waals surface area contributed by atoms with E-state index in [1.165, 1.54) is 48.5 Å². The van der Waals surface area contributed by atoms with Gasteiger partial charge in [0.25, 0.3) is 20.0 Å². The average Bonchev–Trinajstić information content (AvgIpc) is 2.63. The minimum atomic E-state index is -4.33. The molecule has 0 fully saturated rings. The Hall–Kier alpha value is -2.69. The summed E-state index contributed by atoms with van der Waals surface area (Å²) in [5.41, 5.74) is 0.296.